The second-order valence-electron chi connectivity index (χ2n) is 6.71. The largest absolute Gasteiger partial charge is 0.507 e. The normalized spacial score (nSPS) is 11.7. The number of phenolic OH excluding ortho intramolecular Hbond substituents is 1. The zero-order valence-electron chi connectivity index (χ0n) is 14.6. The number of nitrogens with zero attached hydrogens (tertiary/aromatic N) is 1. The van der Waals surface area contributed by atoms with Gasteiger partial charge < -0.3 is 5.11 Å². The van der Waals surface area contributed by atoms with Crippen LogP contribution in [-0.4, -0.2) is 11.3 Å². The summed E-state index contributed by atoms with van der Waals surface area (Å²) in [5.74, 6) is 0.240. The zero-order valence-corrected chi connectivity index (χ0v) is 14.6. The Kier molecular flexibility index (Phi) is 3.61. The van der Waals surface area contributed by atoms with E-state index in [2.05, 4.69) is 53.5 Å². The van der Waals surface area contributed by atoms with Crippen molar-refractivity contribution in [2.45, 2.75) is 0 Å². The van der Waals surface area contributed by atoms with Crippen LogP contribution < -0.4 is 0 Å². The first-order valence-electron chi connectivity index (χ1n) is 8.95. The predicted octanol–water partition coefficient (Wildman–Crippen LogP) is 6.60. The van der Waals surface area contributed by atoms with Crippen LogP contribution in [0.1, 0.15) is 5.56 Å². The number of hydrogen-bond donors (Lipinski definition) is 1. The van der Waals surface area contributed by atoms with Gasteiger partial charge in [0.1, 0.15) is 5.75 Å². The molecule has 0 saturated carbocycles. The lowest BCUT2D eigenvalue weighted by Gasteiger charge is -2.05. The van der Waals surface area contributed by atoms with Crippen LogP contribution in [0.3, 0.4) is 0 Å². The third kappa shape index (κ3) is 2.81. The third-order valence-electron chi connectivity index (χ3n) is 4.98. The maximum Gasteiger partial charge on any atom is 0.124 e. The summed E-state index contributed by atoms with van der Waals surface area (Å²) in [7, 11) is 0. The molecule has 0 radical (unpaired) electrons. The molecule has 2 nitrogen and oxygen atoms in total. The number of aliphatic imine (C=N–C) groups is 1. The second-order valence-corrected chi connectivity index (χ2v) is 6.71. The topological polar surface area (TPSA) is 32.6 Å². The summed E-state index contributed by atoms with van der Waals surface area (Å²) in [6, 6.07) is 30.6. The lowest BCUT2D eigenvalue weighted by Crippen LogP contribution is -1.86. The molecule has 0 aliphatic carbocycles. The van der Waals surface area contributed by atoms with Crippen LogP contribution in [-0.2, 0) is 0 Å². The van der Waals surface area contributed by atoms with Crippen LogP contribution in [0, 0.1) is 0 Å². The predicted molar refractivity (Wildman–Crippen MR) is 114 cm³/mol. The van der Waals surface area contributed by atoms with Crippen LogP contribution in [0.2, 0.25) is 0 Å². The number of rotatable bonds is 2. The van der Waals surface area contributed by atoms with E-state index in [1.54, 1.807) is 12.3 Å². The molecular weight excluding hydrogens is 330 g/mol. The van der Waals surface area contributed by atoms with Crippen molar-refractivity contribution in [2.24, 2.45) is 4.99 Å². The quantitative estimate of drug-likeness (QED) is 0.283. The number of hydrogen-bond acceptors (Lipinski definition) is 2. The van der Waals surface area contributed by atoms with Gasteiger partial charge in [0.2, 0.25) is 0 Å². The van der Waals surface area contributed by atoms with Crippen molar-refractivity contribution in [3.8, 4) is 5.75 Å². The molecule has 5 rings (SSSR count). The Bertz CT molecular complexity index is 1330. The number of phenols is 1. The molecule has 0 saturated heterocycles. The minimum Gasteiger partial charge on any atom is -0.507 e. The van der Waals surface area contributed by atoms with Crippen LogP contribution in [0.5, 0.6) is 5.75 Å². The molecule has 0 heterocycles. The highest BCUT2D eigenvalue weighted by atomic mass is 16.3. The number of benzene rings is 5. The maximum absolute atomic E-state index is 10.3. The molecular formula is C25H17NO. The molecule has 0 aromatic heterocycles. The molecule has 0 spiro atoms. The van der Waals surface area contributed by atoms with Crippen molar-refractivity contribution in [3.05, 3.63) is 96.6 Å². The van der Waals surface area contributed by atoms with E-state index in [1.807, 2.05) is 36.4 Å². The van der Waals surface area contributed by atoms with Crippen molar-refractivity contribution in [1.29, 1.82) is 0 Å². The molecule has 2 heteroatoms. The van der Waals surface area contributed by atoms with Crippen LogP contribution in [0.15, 0.2) is 96.0 Å². The molecule has 0 aliphatic rings. The lowest BCUT2D eigenvalue weighted by molar-refractivity contribution is 0.475. The summed E-state index contributed by atoms with van der Waals surface area (Å²) >= 11 is 0. The third-order valence-corrected chi connectivity index (χ3v) is 4.98. The first-order chi connectivity index (χ1) is 13.3. The van der Waals surface area contributed by atoms with Crippen molar-refractivity contribution in [2.75, 3.05) is 0 Å². The van der Waals surface area contributed by atoms with E-state index < -0.39 is 0 Å². The smallest absolute Gasteiger partial charge is 0.124 e. The van der Waals surface area contributed by atoms with Gasteiger partial charge in [-0.2, -0.15) is 0 Å². The fourth-order valence-corrected chi connectivity index (χ4v) is 3.57. The maximum atomic E-state index is 10.3. The molecule has 1 N–H and O–H groups in total. The highest BCUT2D eigenvalue weighted by molar-refractivity contribution is 6.03. The highest BCUT2D eigenvalue weighted by Crippen LogP contribution is 2.28. The highest BCUT2D eigenvalue weighted by Gasteiger charge is 2.04. The Morgan fingerprint density at radius 3 is 2.04 bits per heavy atom. The number of fused-ring (bicyclic) bond motifs is 3. The average Bonchev–Trinajstić information content (AvgIpc) is 2.71. The van der Waals surface area contributed by atoms with E-state index in [1.165, 1.54) is 16.2 Å². The van der Waals surface area contributed by atoms with Crippen molar-refractivity contribution >= 4 is 44.2 Å². The molecule has 27 heavy (non-hydrogen) atoms. The Hall–Kier alpha value is -3.65. The average molecular weight is 347 g/mol. The molecule has 0 aliphatic heterocycles. The Morgan fingerprint density at radius 1 is 0.593 bits per heavy atom. The molecule has 0 fully saturated rings. The summed E-state index contributed by atoms with van der Waals surface area (Å²) in [4.78, 5) is 4.63. The van der Waals surface area contributed by atoms with E-state index in [0.717, 1.165) is 27.4 Å². The van der Waals surface area contributed by atoms with Gasteiger partial charge in [-0.1, -0.05) is 60.7 Å². The Labute approximate surface area is 157 Å². The SMILES string of the molecule is Oc1ccc2ccccc2c1C=Nc1ccc2cc3ccccc3cc2c1. The van der Waals surface area contributed by atoms with Gasteiger partial charge in [-0.05, 0) is 62.6 Å². The van der Waals surface area contributed by atoms with E-state index in [0.29, 0.717) is 0 Å². The van der Waals surface area contributed by atoms with Gasteiger partial charge in [-0.25, -0.2) is 0 Å². The van der Waals surface area contributed by atoms with E-state index in [4.69, 9.17) is 0 Å². The first kappa shape index (κ1) is 15.6. The Morgan fingerprint density at radius 2 is 1.22 bits per heavy atom. The van der Waals surface area contributed by atoms with Gasteiger partial charge in [0, 0.05) is 11.8 Å². The molecule has 0 unspecified atom stereocenters. The van der Waals surface area contributed by atoms with E-state index in [-0.39, 0.29) is 5.75 Å². The monoisotopic (exact) mass is 347 g/mol. The van der Waals surface area contributed by atoms with Crippen LogP contribution >= 0.6 is 0 Å². The summed E-state index contributed by atoms with van der Waals surface area (Å²) in [6.45, 7) is 0. The Balaban J connectivity index is 1.60. The second kappa shape index (κ2) is 6.26. The van der Waals surface area contributed by atoms with Gasteiger partial charge in [0.05, 0.1) is 5.69 Å². The van der Waals surface area contributed by atoms with Gasteiger partial charge in [-0.15, -0.1) is 0 Å². The summed E-state index contributed by atoms with van der Waals surface area (Å²) < 4.78 is 0. The van der Waals surface area contributed by atoms with E-state index >= 15 is 0 Å². The minimum absolute atomic E-state index is 0.240. The minimum atomic E-state index is 0.240. The van der Waals surface area contributed by atoms with Gasteiger partial charge in [0.15, 0.2) is 0 Å². The lowest BCUT2D eigenvalue weighted by atomic mass is 10.0. The molecule has 5 aromatic rings. The molecule has 0 bridgehead atoms. The van der Waals surface area contributed by atoms with Gasteiger partial charge >= 0.3 is 0 Å². The fraction of sp³-hybridized carbons (Fsp3) is 0. The first-order valence-corrected chi connectivity index (χ1v) is 8.95. The zero-order chi connectivity index (χ0) is 18.2. The van der Waals surface area contributed by atoms with Crippen molar-refractivity contribution in [1.82, 2.24) is 0 Å². The van der Waals surface area contributed by atoms with Gasteiger partial charge in [-0.3, -0.25) is 4.99 Å². The molecule has 128 valence electrons. The van der Waals surface area contributed by atoms with E-state index in [9.17, 15) is 5.11 Å². The standard InChI is InChI=1S/C25H17NO/c27-25-12-10-17-5-3-4-8-23(17)24(25)16-26-22-11-9-20-13-18-6-1-2-7-19(18)14-21(20)15-22/h1-16,27H. The van der Waals surface area contributed by atoms with Crippen molar-refractivity contribution in [3.63, 3.8) is 0 Å². The summed E-state index contributed by atoms with van der Waals surface area (Å²) in [6.07, 6.45) is 1.75. The van der Waals surface area contributed by atoms with Crippen molar-refractivity contribution < 1.29 is 5.11 Å². The van der Waals surface area contributed by atoms with Gasteiger partial charge in [0.25, 0.3) is 0 Å². The molecule has 5 aromatic carbocycles. The fourth-order valence-electron chi connectivity index (χ4n) is 3.57. The van der Waals surface area contributed by atoms with Crippen LogP contribution in [0.25, 0.3) is 32.3 Å². The number of aromatic hydroxyl groups is 1. The molecule has 0 atom stereocenters. The summed E-state index contributed by atoms with van der Waals surface area (Å²) in [5.41, 5.74) is 1.61. The summed E-state index contributed by atoms with van der Waals surface area (Å²) in [5, 5.41) is 17.2. The van der Waals surface area contributed by atoms with Crippen LogP contribution in [0.4, 0.5) is 5.69 Å². The molecule has 0 amide bonds.